The lowest BCUT2D eigenvalue weighted by molar-refractivity contribution is -0.143. The molecule has 0 saturated heterocycles. The third kappa shape index (κ3) is 6.58. The largest absolute Gasteiger partial charge is 0.480 e. The molecule has 0 aliphatic heterocycles. The van der Waals surface area contributed by atoms with Crippen molar-refractivity contribution < 1.29 is 33.0 Å². The van der Waals surface area contributed by atoms with Crippen LogP contribution in [0.2, 0.25) is 0 Å². The van der Waals surface area contributed by atoms with Crippen LogP contribution in [0.25, 0.3) is 0 Å². The monoisotopic (exact) mass is 427 g/mol. The standard InChI is InChI=1S/C20H24F3N3O4/c1-12(2)6-16(18(27)28)25-17(19(29)30)8-15-9-24-11-26(15)10-13-4-3-5-14(7-13)20(21,22)23/h3-5,7,9,11-12,16-17,25H,6,8,10H2,1-2H3,(H,27,28)(H,29,30)/t16?,17-/m0/s1. The SMILES string of the molecule is CC(C)CC(N[C@@H](Cc1cncn1Cc1cccc(C(F)(F)F)c1)C(=O)O)C(=O)O. The van der Waals surface area contributed by atoms with Crippen molar-refractivity contribution in [3.05, 3.63) is 53.6 Å². The van der Waals surface area contributed by atoms with Crippen molar-refractivity contribution in [2.75, 3.05) is 0 Å². The molecule has 0 aliphatic rings. The maximum Gasteiger partial charge on any atom is 0.416 e. The smallest absolute Gasteiger partial charge is 0.416 e. The summed E-state index contributed by atoms with van der Waals surface area (Å²) in [6.07, 6.45) is -1.46. The summed E-state index contributed by atoms with van der Waals surface area (Å²) >= 11 is 0. The molecule has 0 aliphatic carbocycles. The van der Waals surface area contributed by atoms with Crippen LogP contribution in [0.4, 0.5) is 13.2 Å². The average Bonchev–Trinajstić information content (AvgIpc) is 3.06. The summed E-state index contributed by atoms with van der Waals surface area (Å²) in [6.45, 7) is 3.73. The fraction of sp³-hybridized carbons (Fsp3) is 0.450. The molecule has 0 saturated carbocycles. The molecule has 1 aromatic carbocycles. The van der Waals surface area contributed by atoms with E-state index in [4.69, 9.17) is 0 Å². The van der Waals surface area contributed by atoms with Gasteiger partial charge in [-0.15, -0.1) is 0 Å². The van der Waals surface area contributed by atoms with E-state index in [1.165, 1.54) is 24.7 Å². The zero-order chi connectivity index (χ0) is 22.5. The number of carboxylic acids is 2. The van der Waals surface area contributed by atoms with Crippen LogP contribution in [0, 0.1) is 5.92 Å². The second-order valence-electron chi connectivity index (χ2n) is 7.49. The highest BCUT2D eigenvalue weighted by Gasteiger charge is 2.30. The Balaban J connectivity index is 2.18. The lowest BCUT2D eigenvalue weighted by Gasteiger charge is -2.22. The molecule has 0 radical (unpaired) electrons. The number of alkyl halides is 3. The summed E-state index contributed by atoms with van der Waals surface area (Å²) in [5, 5.41) is 21.5. The number of carbonyl (C=O) groups is 2. The van der Waals surface area contributed by atoms with Crippen LogP contribution in [-0.4, -0.2) is 43.8 Å². The first-order valence-electron chi connectivity index (χ1n) is 9.34. The number of nitrogens with zero attached hydrogens (tertiary/aromatic N) is 2. The van der Waals surface area contributed by atoms with Gasteiger partial charge in [-0.3, -0.25) is 14.9 Å². The number of imidazole rings is 1. The Bertz CT molecular complexity index is 880. The molecule has 2 rings (SSSR count). The van der Waals surface area contributed by atoms with Crippen molar-refractivity contribution >= 4 is 11.9 Å². The molecule has 1 heterocycles. The first kappa shape index (κ1) is 23.4. The molecule has 30 heavy (non-hydrogen) atoms. The van der Waals surface area contributed by atoms with E-state index in [0.717, 1.165) is 12.1 Å². The number of aliphatic carboxylic acids is 2. The number of aromatic nitrogens is 2. The number of carboxylic acid groups (broad SMARTS) is 2. The van der Waals surface area contributed by atoms with E-state index in [1.807, 2.05) is 13.8 Å². The van der Waals surface area contributed by atoms with Gasteiger partial charge in [-0.1, -0.05) is 26.0 Å². The minimum atomic E-state index is -4.46. The van der Waals surface area contributed by atoms with Crippen LogP contribution in [0.1, 0.15) is 37.1 Å². The molecular weight excluding hydrogens is 403 g/mol. The van der Waals surface area contributed by atoms with Crippen molar-refractivity contribution in [2.24, 2.45) is 5.92 Å². The molecule has 0 bridgehead atoms. The highest BCUT2D eigenvalue weighted by Crippen LogP contribution is 2.29. The Kier molecular flexibility index (Phi) is 7.60. The van der Waals surface area contributed by atoms with Gasteiger partial charge < -0.3 is 14.8 Å². The molecular formula is C20H24F3N3O4. The van der Waals surface area contributed by atoms with Crippen LogP contribution in [0.15, 0.2) is 36.8 Å². The predicted molar refractivity (Wildman–Crippen MR) is 102 cm³/mol. The van der Waals surface area contributed by atoms with Gasteiger partial charge in [0.2, 0.25) is 0 Å². The molecule has 3 N–H and O–H groups in total. The average molecular weight is 427 g/mol. The number of hydrogen-bond acceptors (Lipinski definition) is 4. The van der Waals surface area contributed by atoms with Crippen molar-refractivity contribution in [3.63, 3.8) is 0 Å². The molecule has 0 fully saturated rings. The fourth-order valence-corrected chi connectivity index (χ4v) is 3.08. The van der Waals surface area contributed by atoms with Gasteiger partial charge in [0.15, 0.2) is 0 Å². The van der Waals surface area contributed by atoms with Gasteiger partial charge in [0.1, 0.15) is 12.1 Å². The van der Waals surface area contributed by atoms with Gasteiger partial charge in [-0.2, -0.15) is 13.2 Å². The summed E-state index contributed by atoms with van der Waals surface area (Å²) < 4.78 is 40.3. The number of rotatable bonds is 10. The summed E-state index contributed by atoms with van der Waals surface area (Å²) in [7, 11) is 0. The number of nitrogens with one attached hydrogen (secondary N) is 1. The van der Waals surface area contributed by atoms with Crippen LogP contribution < -0.4 is 5.32 Å². The van der Waals surface area contributed by atoms with Crippen LogP contribution in [-0.2, 0) is 28.7 Å². The van der Waals surface area contributed by atoms with Crippen molar-refractivity contribution in [1.29, 1.82) is 0 Å². The Morgan fingerprint density at radius 1 is 1.17 bits per heavy atom. The van der Waals surface area contributed by atoms with Gasteiger partial charge >= 0.3 is 18.1 Å². The van der Waals surface area contributed by atoms with Gasteiger partial charge in [0, 0.05) is 24.9 Å². The van der Waals surface area contributed by atoms with Crippen molar-refractivity contribution in [1.82, 2.24) is 14.9 Å². The summed E-state index contributed by atoms with van der Waals surface area (Å²) in [5.41, 5.74) is 0.0675. The lowest BCUT2D eigenvalue weighted by atomic mass is 10.0. The molecule has 1 aromatic heterocycles. The third-order valence-electron chi connectivity index (χ3n) is 4.52. The van der Waals surface area contributed by atoms with Crippen LogP contribution >= 0.6 is 0 Å². The van der Waals surface area contributed by atoms with Crippen molar-refractivity contribution in [2.45, 2.75) is 51.5 Å². The maximum atomic E-state index is 12.9. The molecule has 10 heteroatoms. The Morgan fingerprint density at radius 2 is 1.83 bits per heavy atom. The Labute approximate surface area is 171 Å². The highest BCUT2D eigenvalue weighted by molar-refractivity contribution is 5.77. The Morgan fingerprint density at radius 3 is 2.40 bits per heavy atom. The summed E-state index contributed by atoms with van der Waals surface area (Å²) in [5.74, 6) is -2.33. The van der Waals surface area contributed by atoms with Crippen LogP contribution in [0.5, 0.6) is 0 Å². The third-order valence-corrected chi connectivity index (χ3v) is 4.52. The minimum absolute atomic E-state index is 0.0412. The van der Waals surface area contributed by atoms with E-state index in [0.29, 0.717) is 11.3 Å². The highest BCUT2D eigenvalue weighted by atomic mass is 19.4. The Hall–Kier alpha value is -2.88. The fourth-order valence-electron chi connectivity index (χ4n) is 3.08. The molecule has 7 nitrogen and oxygen atoms in total. The molecule has 164 valence electrons. The normalized spacial score (nSPS) is 13.9. The maximum absolute atomic E-state index is 12.9. The second kappa shape index (κ2) is 9.75. The topological polar surface area (TPSA) is 104 Å². The molecule has 0 spiro atoms. The zero-order valence-corrected chi connectivity index (χ0v) is 16.6. The molecule has 0 amide bonds. The van der Waals surface area contributed by atoms with Gasteiger partial charge in [-0.05, 0) is 30.0 Å². The first-order chi connectivity index (χ1) is 14.0. The van der Waals surface area contributed by atoms with E-state index in [-0.39, 0.29) is 25.3 Å². The molecule has 2 aromatic rings. The van der Waals surface area contributed by atoms with E-state index in [2.05, 4.69) is 10.3 Å². The number of benzene rings is 1. The minimum Gasteiger partial charge on any atom is -0.480 e. The lowest BCUT2D eigenvalue weighted by Crippen LogP contribution is -2.49. The van der Waals surface area contributed by atoms with Crippen LogP contribution in [0.3, 0.4) is 0 Å². The van der Waals surface area contributed by atoms with Crippen molar-refractivity contribution in [3.8, 4) is 0 Å². The summed E-state index contributed by atoms with van der Waals surface area (Å²) in [6, 6.07) is 2.62. The first-order valence-corrected chi connectivity index (χ1v) is 9.34. The summed E-state index contributed by atoms with van der Waals surface area (Å²) in [4.78, 5) is 27.1. The van der Waals surface area contributed by atoms with Gasteiger partial charge in [0.05, 0.1) is 11.9 Å². The second-order valence-corrected chi connectivity index (χ2v) is 7.49. The van der Waals surface area contributed by atoms with E-state index in [9.17, 15) is 33.0 Å². The van der Waals surface area contributed by atoms with Gasteiger partial charge in [0.25, 0.3) is 0 Å². The molecule has 1 unspecified atom stereocenters. The molecule has 2 atom stereocenters. The van der Waals surface area contributed by atoms with Gasteiger partial charge in [-0.25, -0.2) is 4.98 Å². The van der Waals surface area contributed by atoms with E-state index in [1.54, 1.807) is 4.57 Å². The number of hydrogen-bond donors (Lipinski definition) is 3. The zero-order valence-electron chi connectivity index (χ0n) is 16.6. The van der Waals surface area contributed by atoms with E-state index < -0.39 is 35.8 Å². The number of halogens is 3. The predicted octanol–water partition coefficient (Wildman–Crippen LogP) is 3.03. The van der Waals surface area contributed by atoms with E-state index >= 15 is 0 Å². The quantitative estimate of drug-likeness (QED) is 0.539.